The van der Waals surface area contributed by atoms with Crippen molar-refractivity contribution in [1.29, 1.82) is 0 Å². The van der Waals surface area contributed by atoms with Gasteiger partial charge in [0, 0.05) is 11.4 Å². The van der Waals surface area contributed by atoms with Crippen LogP contribution in [0.1, 0.15) is 22.6 Å². The fraction of sp³-hybridized carbons (Fsp3) is 0.130. The summed E-state index contributed by atoms with van der Waals surface area (Å²) in [5.41, 5.74) is 4.75. The minimum Gasteiger partial charge on any atom is -0.467 e. The molecule has 2 aromatic carbocycles. The molecule has 0 unspecified atom stereocenters. The van der Waals surface area contributed by atoms with Crippen molar-refractivity contribution in [2.24, 2.45) is 0 Å². The number of hydrogen-bond acceptors (Lipinski definition) is 4. The average Bonchev–Trinajstić information content (AvgIpc) is 3.41. The van der Waals surface area contributed by atoms with E-state index in [1.165, 1.54) is 11.1 Å². The predicted molar refractivity (Wildman–Crippen MR) is 108 cm³/mol. The first-order valence-corrected chi connectivity index (χ1v) is 9.05. The Kier molecular flexibility index (Phi) is 5.25. The first-order chi connectivity index (χ1) is 13.3. The van der Waals surface area contributed by atoms with Crippen molar-refractivity contribution in [1.82, 2.24) is 0 Å². The summed E-state index contributed by atoms with van der Waals surface area (Å²) in [5, 5.41) is 6.72. The molecule has 0 saturated heterocycles. The Morgan fingerprint density at radius 1 is 0.556 bits per heavy atom. The molecule has 27 heavy (non-hydrogen) atoms. The largest absolute Gasteiger partial charge is 0.467 e. The molecule has 0 radical (unpaired) electrons. The monoisotopic (exact) mass is 358 g/mol. The molecule has 4 rings (SSSR count). The molecule has 0 aliphatic rings. The molecule has 0 atom stereocenters. The fourth-order valence-electron chi connectivity index (χ4n) is 2.92. The molecule has 0 bridgehead atoms. The highest BCUT2D eigenvalue weighted by atomic mass is 16.3. The van der Waals surface area contributed by atoms with E-state index in [1.807, 2.05) is 24.3 Å². The average molecular weight is 358 g/mol. The highest BCUT2D eigenvalue weighted by Gasteiger charge is 2.01. The molecule has 2 N–H and O–H groups in total. The van der Waals surface area contributed by atoms with Gasteiger partial charge < -0.3 is 19.5 Å². The predicted octanol–water partition coefficient (Wildman–Crippen LogP) is 5.69. The standard InChI is InChI=1S/C23H22N2O2/c1-3-22(26-13-1)16-24-20-9-5-18(6-10-20)15-19-7-11-21(12-8-19)25-17-23-4-2-14-27-23/h1-14,24-25H,15-17H2. The first kappa shape index (κ1) is 17.0. The van der Waals surface area contributed by atoms with Crippen LogP contribution < -0.4 is 10.6 Å². The second-order valence-electron chi connectivity index (χ2n) is 6.44. The van der Waals surface area contributed by atoms with Crippen molar-refractivity contribution in [3.63, 3.8) is 0 Å². The summed E-state index contributed by atoms with van der Waals surface area (Å²) in [7, 11) is 0. The van der Waals surface area contributed by atoms with Crippen molar-refractivity contribution in [2.45, 2.75) is 19.5 Å². The molecular weight excluding hydrogens is 336 g/mol. The quantitative estimate of drug-likeness (QED) is 0.425. The third-order valence-electron chi connectivity index (χ3n) is 4.41. The lowest BCUT2D eigenvalue weighted by Crippen LogP contribution is -1.99. The molecule has 136 valence electrons. The van der Waals surface area contributed by atoms with Gasteiger partial charge in [0.2, 0.25) is 0 Å². The molecule has 2 aromatic heterocycles. The lowest BCUT2D eigenvalue weighted by Gasteiger charge is -2.08. The van der Waals surface area contributed by atoms with Gasteiger partial charge >= 0.3 is 0 Å². The highest BCUT2D eigenvalue weighted by Crippen LogP contribution is 2.17. The fourth-order valence-corrected chi connectivity index (χ4v) is 2.92. The van der Waals surface area contributed by atoms with Crippen LogP contribution in [0.2, 0.25) is 0 Å². The van der Waals surface area contributed by atoms with Crippen molar-refractivity contribution in [3.05, 3.63) is 108 Å². The van der Waals surface area contributed by atoms with E-state index in [0.717, 1.165) is 29.3 Å². The van der Waals surface area contributed by atoms with E-state index >= 15 is 0 Å². The molecule has 4 aromatic rings. The Morgan fingerprint density at radius 3 is 1.37 bits per heavy atom. The number of anilines is 2. The van der Waals surface area contributed by atoms with Gasteiger partial charge in [0.25, 0.3) is 0 Å². The van der Waals surface area contributed by atoms with Gasteiger partial charge in [-0.3, -0.25) is 0 Å². The molecule has 0 saturated carbocycles. The van der Waals surface area contributed by atoms with Crippen molar-refractivity contribution >= 4 is 11.4 Å². The topological polar surface area (TPSA) is 50.3 Å². The van der Waals surface area contributed by atoms with Crippen LogP contribution in [0, 0.1) is 0 Å². The second-order valence-corrected chi connectivity index (χ2v) is 6.44. The van der Waals surface area contributed by atoms with E-state index in [9.17, 15) is 0 Å². The minimum absolute atomic E-state index is 0.693. The molecule has 4 heteroatoms. The van der Waals surface area contributed by atoms with Crippen molar-refractivity contribution in [3.8, 4) is 0 Å². The molecule has 0 amide bonds. The van der Waals surface area contributed by atoms with Gasteiger partial charge in [-0.1, -0.05) is 24.3 Å². The smallest absolute Gasteiger partial charge is 0.122 e. The lowest BCUT2D eigenvalue weighted by atomic mass is 10.0. The van der Waals surface area contributed by atoms with E-state index in [2.05, 4.69) is 59.2 Å². The Labute approximate surface area is 158 Å². The van der Waals surface area contributed by atoms with Crippen LogP contribution in [0.3, 0.4) is 0 Å². The molecule has 4 nitrogen and oxygen atoms in total. The summed E-state index contributed by atoms with van der Waals surface area (Å²) >= 11 is 0. The Morgan fingerprint density at radius 2 is 1.00 bits per heavy atom. The van der Waals surface area contributed by atoms with Crippen LogP contribution in [0.5, 0.6) is 0 Å². The Bertz CT molecular complexity index is 845. The van der Waals surface area contributed by atoms with E-state index in [0.29, 0.717) is 13.1 Å². The Balaban J connectivity index is 1.29. The molecule has 0 spiro atoms. The summed E-state index contributed by atoms with van der Waals surface area (Å²) in [5.74, 6) is 1.86. The van der Waals surface area contributed by atoms with Gasteiger partial charge in [0.15, 0.2) is 0 Å². The maximum Gasteiger partial charge on any atom is 0.122 e. The summed E-state index contributed by atoms with van der Waals surface area (Å²) < 4.78 is 10.7. The number of nitrogens with one attached hydrogen (secondary N) is 2. The van der Waals surface area contributed by atoms with Gasteiger partial charge in [0.05, 0.1) is 25.6 Å². The minimum atomic E-state index is 0.693. The first-order valence-electron chi connectivity index (χ1n) is 9.05. The molecule has 0 aliphatic heterocycles. The van der Waals surface area contributed by atoms with Gasteiger partial charge in [-0.15, -0.1) is 0 Å². The maximum absolute atomic E-state index is 5.33. The molecule has 0 aliphatic carbocycles. The normalized spacial score (nSPS) is 10.7. The van der Waals surface area contributed by atoms with Crippen molar-refractivity contribution < 1.29 is 8.83 Å². The second kappa shape index (κ2) is 8.32. The summed E-state index contributed by atoms with van der Waals surface area (Å²) in [6, 6.07) is 24.8. The SMILES string of the molecule is c1coc(CNc2ccc(Cc3ccc(NCc4ccco4)cc3)cc2)c1. The van der Waals surface area contributed by atoms with E-state index in [-0.39, 0.29) is 0 Å². The lowest BCUT2D eigenvalue weighted by molar-refractivity contribution is 0.518. The molecular formula is C23H22N2O2. The zero-order chi connectivity index (χ0) is 18.3. The zero-order valence-corrected chi connectivity index (χ0v) is 15.0. The van der Waals surface area contributed by atoms with Crippen LogP contribution in [0.4, 0.5) is 11.4 Å². The molecule has 0 fully saturated rings. The molecule has 2 heterocycles. The maximum atomic E-state index is 5.33. The van der Waals surface area contributed by atoms with Gasteiger partial charge in [-0.05, 0) is 66.1 Å². The van der Waals surface area contributed by atoms with Gasteiger partial charge in [-0.25, -0.2) is 0 Å². The van der Waals surface area contributed by atoms with Crippen LogP contribution >= 0.6 is 0 Å². The summed E-state index contributed by atoms with van der Waals surface area (Å²) in [6.45, 7) is 1.39. The Hall–Kier alpha value is -3.40. The van der Waals surface area contributed by atoms with Crippen LogP contribution in [0.15, 0.2) is 94.2 Å². The van der Waals surface area contributed by atoms with Crippen LogP contribution in [-0.2, 0) is 19.5 Å². The number of hydrogen-bond donors (Lipinski definition) is 2. The number of benzene rings is 2. The summed E-state index contributed by atoms with van der Waals surface area (Å²) in [6.07, 6.45) is 4.30. The van der Waals surface area contributed by atoms with E-state index in [4.69, 9.17) is 8.83 Å². The highest BCUT2D eigenvalue weighted by molar-refractivity contribution is 5.47. The number of furan rings is 2. The number of rotatable bonds is 8. The van der Waals surface area contributed by atoms with Crippen LogP contribution in [-0.4, -0.2) is 0 Å². The van der Waals surface area contributed by atoms with Gasteiger partial charge in [-0.2, -0.15) is 0 Å². The third kappa shape index (κ3) is 4.82. The van der Waals surface area contributed by atoms with Crippen LogP contribution in [0.25, 0.3) is 0 Å². The van der Waals surface area contributed by atoms with Gasteiger partial charge in [0.1, 0.15) is 11.5 Å². The third-order valence-corrected chi connectivity index (χ3v) is 4.41. The van der Waals surface area contributed by atoms with E-state index in [1.54, 1.807) is 12.5 Å². The van der Waals surface area contributed by atoms with E-state index < -0.39 is 0 Å². The zero-order valence-electron chi connectivity index (χ0n) is 15.0. The van der Waals surface area contributed by atoms with Crippen molar-refractivity contribution in [2.75, 3.05) is 10.6 Å². The summed E-state index contributed by atoms with van der Waals surface area (Å²) in [4.78, 5) is 0.